The van der Waals surface area contributed by atoms with Gasteiger partial charge in [0.15, 0.2) is 0 Å². The number of rotatable bonds is 2. The summed E-state index contributed by atoms with van der Waals surface area (Å²) in [6, 6.07) is 6.29. The summed E-state index contributed by atoms with van der Waals surface area (Å²) in [4.78, 5) is 24.4. The second-order valence-corrected chi connectivity index (χ2v) is 7.63. The zero-order valence-corrected chi connectivity index (χ0v) is 16.0. The lowest BCUT2D eigenvalue weighted by molar-refractivity contribution is -0.137. The molecule has 0 radical (unpaired) electrons. The number of thiazole rings is 1. The molecule has 28 heavy (non-hydrogen) atoms. The van der Waals surface area contributed by atoms with E-state index < -0.39 is 11.7 Å². The summed E-state index contributed by atoms with van der Waals surface area (Å²) in [5.41, 5.74) is 2.30. The number of aromatic nitrogens is 2. The van der Waals surface area contributed by atoms with Crippen LogP contribution in [0.1, 0.15) is 15.9 Å². The summed E-state index contributed by atoms with van der Waals surface area (Å²) in [5.74, 6) is 0.217. The fourth-order valence-electron chi connectivity index (χ4n) is 3.11. The van der Waals surface area contributed by atoms with Gasteiger partial charge in [0.2, 0.25) is 0 Å². The number of piperazine rings is 1. The maximum absolute atomic E-state index is 12.8. The molecular formula is C18H14ClF3N4OS. The van der Waals surface area contributed by atoms with E-state index in [1.165, 1.54) is 11.3 Å². The first kappa shape index (κ1) is 18.9. The molecule has 0 saturated carbocycles. The summed E-state index contributed by atoms with van der Waals surface area (Å²) in [6.07, 6.45) is -3.71. The number of hydrogen-bond acceptors (Lipinski definition) is 5. The Morgan fingerprint density at radius 3 is 2.54 bits per heavy atom. The normalized spacial score (nSPS) is 15.3. The van der Waals surface area contributed by atoms with Gasteiger partial charge in [0, 0.05) is 37.9 Å². The molecule has 146 valence electrons. The van der Waals surface area contributed by atoms with Crippen molar-refractivity contribution in [2.75, 3.05) is 31.1 Å². The molecule has 1 aliphatic heterocycles. The van der Waals surface area contributed by atoms with Crippen LogP contribution in [-0.4, -0.2) is 47.0 Å². The van der Waals surface area contributed by atoms with Crippen LogP contribution in [0.3, 0.4) is 0 Å². The smallest absolute Gasteiger partial charge is 0.352 e. The molecule has 3 heterocycles. The topological polar surface area (TPSA) is 49.3 Å². The maximum Gasteiger partial charge on any atom is 0.417 e. The van der Waals surface area contributed by atoms with E-state index in [1.807, 2.05) is 12.1 Å². The molecule has 2 aromatic heterocycles. The molecule has 4 rings (SSSR count). The Bertz CT molecular complexity index is 1030. The van der Waals surface area contributed by atoms with Crippen LogP contribution in [-0.2, 0) is 6.18 Å². The lowest BCUT2D eigenvalue weighted by atomic mass is 10.1. The van der Waals surface area contributed by atoms with E-state index in [1.54, 1.807) is 21.4 Å². The van der Waals surface area contributed by atoms with Crippen molar-refractivity contribution < 1.29 is 18.0 Å². The highest BCUT2D eigenvalue weighted by atomic mass is 35.5. The molecule has 0 spiro atoms. The molecule has 10 heteroatoms. The average molecular weight is 427 g/mol. The predicted molar refractivity (Wildman–Crippen MR) is 102 cm³/mol. The number of fused-ring (bicyclic) bond motifs is 1. The number of amides is 1. The van der Waals surface area contributed by atoms with Crippen molar-refractivity contribution in [2.24, 2.45) is 0 Å². The van der Waals surface area contributed by atoms with Gasteiger partial charge in [0.25, 0.3) is 5.91 Å². The minimum Gasteiger partial charge on any atom is -0.352 e. The molecule has 0 aliphatic carbocycles. The van der Waals surface area contributed by atoms with Gasteiger partial charge in [0.1, 0.15) is 5.82 Å². The van der Waals surface area contributed by atoms with Crippen molar-refractivity contribution in [3.63, 3.8) is 0 Å². The van der Waals surface area contributed by atoms with Gasteiger partial charge >= 0.3 is 6.18 Å². The van der Waals surface area contributed by atoms with Crippen LogP contribution < -0.4 is 4.90 Å². The van der Waals surface area contributed by atoms with Crippen LogP contribution in [0.2, 0.25) is 5.02 Å². The summed E-state index contributed by atoms with van der Waals surface area (Å²) in [5, 5.41) is -0.0507. The molecule has 1 fully saturated rings. The molecule has 5 nitrogen and oxygen atoms in total. The first-order chi connectivity index (χ1) is 13.3. The fraction of sp³-hybridized carbons (Fsp3) is 0.278. The number of carbonyl (C=O) groups excluding carboxylic acids is 1. The van der Waals surface area contributed by atoms with Gasteiger partial charge in [-0.05, 0) is 24.3 Å². The number of carbonyl (C=O) groups is 1. The Morgan fingerprint density at radius 2 is 1.86 bits per heavy atom. The van der Waals surface area contributed by atoms with E-state index in [2.05, 4.69) is 9.97 Å². The van der Waals surface area contributed by atoms with E-state index in [0.29, 0.717) is 37.6 Å². The van der Waals surface area contributed by atoms with Gasteiger partial charge < -0.3 is 9.80 Å². The third-order valence-corrected chi connectivity index (χ3v) is 5.66. The lowest BCUT2D eigenvalue weighted by Gasteiger charge is -2.35. The highest BCUT2D eigenvalue weighted by Gasteiger charge is 2.32. The van der Waals surface area contributed by atoms with Gasteiger partial charge in [-0.3, -0.25) is 4.79 Å². The summed E-state index contributed by atoms with van der Waals surface area (Å²) in [6.45, 7) is 1.73. The molecular weight excluding hydrogens is 413 g/mol. The Labute approximate surface area is 167 Å². The summed E-state index contributed by atoms with van der Waals surface area (Å²) < 4.78 is 39.2. The van der Waals surface area contributed by atoms with Crippen LogP contribution in [0.5, 0.6) is 0 Å². The number of nitrogens with zero attached hydrogens (tertiary/aromatic N) is 4. The van der Waals surface area contributed by atoms with Crippen LogP contribution in [0.4, 0.5) is 19.0 Å². The Kier molecular flexibility index (Phi) is 4.88. The number of alkyl halides is 3. The van der Waals surface area contributed by atoms with Crippen molar-refractivity contribution in [3.8, 4) is 0 Å². The Morgan fingerprint density at radius 1 is 1.11 bits per heavy atom. The van der Waals surface area contributed by atoms with Crippen LogP contribution >= 0.6 is 22.9 Å². The standard InChI is InChI=1S/C18H14ClF3N4OS/c19-13-8-12(18(20,21)22)9-23-16(13)25-3-5-26(6-4-25)17(27)11-1-2-14-15(7-11)28-10-24-14/h1-2,7-10H,3-6H2. The van der Waals surface area contributed by atoms with Crippen molar-refractivity contribution in [2.45, 2.75) is 6.18 Å². The van der Waals surface area contributed by atoms with Gasteiger partial charge in [-0.1, -0.05) is 11.6 Å². The highest BCUT2D eigenvalue weighted by Crippen LogP contribution is 2.33. The molecule has 0 N–H and O–H groups in total. The Balaban J connectivity index is 1.45. The predicted octanol–water partition coefficient (Wildman–Crippen LogP) is 4.33. The minimum atomic E-state index is -4.49. The zero-order valence-electron chi connectivity index (χ0n) is 14.4. The molecule has 1 saturated heterocycles. The van der Waals surface area contributed by atoms with E-state index >= 15 is 0 Å². The van der Waals surface area contributed by atoms with Crippen molar-refractivity contribution in [1.29, 1.82) is 0 Å². The minimum absolute atomic E-state index is 0.0507. The van der Waals surface area contributed by atoms with Crippen molar-refractivity contribution in [1.82, 2.24) is 14.9 Å². The average Bonchev–Trinajstić information content (AvgIpc) is 3.14. The molecule has 0 atom stereocenters. The molecule has 0 unspecified atom stereocenters. The second-order valence-electron chi connectivity index (χ2n) is 6.34. The Hall–Kier alpha value is -2.39. The molecule has 3 aromatic rings. The van der Waals surface area contributed by atoms with E-state index in [0.717, 1.165) is 22.5 Å². The fourth-order valence-corrected chi connectivity index (χ4v) is 4.11. The first-order valence-corrected chi connectivity index (χ1v) is 9.69. The lowest BCUT2D eigenvalue weighted by Crippen LogP contribution is -2.49. The monoisotopic (exact) mass is 426 g/mol. The molecule has 0 bridgehead atoms. The number of pyridine rings is 1. The van der Waals surface area contributed by atoms with Crippen molar-refractivity contribution >= 4 is 44.9 Å². The van der Waals surface area contributed by atoms with Crippen LogP contribution in [0.15, 0.2) is 36.0 Å². The largest absolute Gasteiger partial charge is 0.417 e. The number of benzene rings is 1. The second kappa shape index (κ2) is 7.21. The van der Waals surface area contributed by atoms with Crippen LogP contribution in [0.25, 0.3) is 10.2 Å². The van der Waals surface area contributed by atoms with Crippen LogP contribution in [0, 0.1) is 0 Å². The van der Waals surface area contributed by atoms with Gasteiger partial charge in [0.05, 0.1) is 26.3 Å². The number of anilines is 1. The third kappa shape index (κ3) is 3.64. The van der Waals surface area contributed by atoms with E-state index in [9.17, 15) is 18.0 Å². The maximum atomic E-state index is 12.8. The zero-order chi connectivity index (χ0) is 19.9. The van der Waals surface area contributed by atoms with Gasteiger partial charge in [-0.25, -0.2) is 9.97 Å². The van der Waals surface area contributed by atoms with Gasteiger partial charge in [-0.15, -0.1) is 11.3 Å². The quantitative estimate of drug-likeness (QED) is 0.612. The van der Waals surface area contributed by atoms with Crippen molar-refractivity contribution in [3.05, 3.63) is 52.1 Å². The summed E-state index contributed by atoms with van der Waals surface area (Å²) >= 11 is 7.49. The number of hydrogen-bond donors (Lipinski definition) is 0. The first-order valence-electron chi connectivity index (χ1n) is 8.43. The highest BCUT2D eigenvalue weighted by molar-refractivity contribution is 7.16. The molecule has 1 aromatic carbocycles. The molecule has 1 amide bonds. The number of halogens is 4. The summed E-state index contributed by atoms with van der Waals surface area (Å²) in [7, 11) is 0. The third-order valence-electron chi connectivity index (χ3n) is 4.59. The van der Waals surface area contributed by atoms with E-state index in [4.69, 9.17) is 11.6 Å². The SMILES string of the molecule is O=C(c1ccc2ncsc2c1)N1CCN(c2ncc(C(F)(F)F)cc2Cl)CC1. The molecule has 1 aliphatic rings. The van der Waals surface area contributed by atoms with Gasteiger partial charge in [-0.2, -0.15) is 13.2 Å². The van der Waals surface area contributed by atoms with E-state index in [-0.39, 0.29) is 10.9 Å².